The van der Waals surface area contributed by atoms with Gasteiger partial charge in [0.1, 0.15) is 5.72 Å². The number of amides is 1. The highest BCUT2D eigenvalue weighted by Gasteiger charge is 2.49. The average Bonchev–Trinajstić information content (AvgIpc) is 3.08. The van der Waals surface area contributed by atoms with Crippen molar-refractivity contribution in [2.24, 2.45) is 23.7 Å². The highest BCUT2D eigenvalue weighted by Crippen LogP contribution is 2.40. The lowest BCUT2D eigenvalue weighted by molar-refractivity contribution is -0.145. The second-order valence-corrected chi connectivity index (χ2v) is 11.6. The molecule has 0 unspecified atom stereocenters. The first-order chi connectivity index (χ1) is 17.4. The molecule has 1 aliphatic rings. The van der Waals surface area contributed by atoms with E-state index in [9.17, 15) is 9.90 Å². The maximum atomic E-state index is 12.8. The van der Waals surface area contributed by atoms with Crippen molar-refractivity contribution in [2.75, 3.05) is 34.0 Å². The van der Waals surface area contributed by atoms with Gasteiger partial charge in [-0.1, -0.05) is 33.8 Å². The molecule has 1 N–H and O–H groups in total. The molecular weight excluding hydrogens is 470 g/mol. The molecule has 7 nitrogen and oxygen atoms in total. The highest BCUT2D eigenvalue weighted by atomic mass is 16.5. The Hall–Kier alpha value is -1.83. The van der Waals surface area contributed by atoms with E-state index in [1.807, 2.05) is 24.8 Å². The van der Waals surface area contributed by atoms with Gasteiger partial charge in [-0.25, -0.2) is 0 Å². The Morgan fingerprint density at radius 2 is 1.73 bits per heavy atom. The Morgan fingerprint density at radius 3 is 2.27 bits per heavy atom. The van der Waals surface area contributed by atoms with Crippen LogP contribution in [0.3, 0.4) is 0 Å². The van der Waals surface area contributed by atoms with Gasteiger partial charge in [0, 0.05) is 33.7 Å². The standard InChI is InChI=1S/C30H51NO6/c1-20(2)24(15-23-11-12-27(35-9)29(16-23)36-14-10-13-34-8)17-26-28(18-25(19-32)21(3)4)37-30(6,7)31(26)22(5)33/h11-12,16,20-21,24-26,28,32H,10,13-15,17-19H2,1-9H3/t24-,25+,26-,28-/m0/s1. The molecule has 1 saturated heterocycles. The molecule has 0 radical (unpaired) electrons. The van der Waals surface area contributed by atoms with Crippen LogP contribution >= 0.6 is 0 Å². The average molecular weight is 522 g/mol. The summed E-state index contributed by atoms with van der Waals surface area (Å²) in [4.78, 5) is 14.8. The van der Waals surface area contributed by atoms with Crippen molar-refractivity contribution in [3.05, 3.63) is 23.8 Å². The van der Waals surface area contributed by atoms with Crippen molar-refractivity contribution < 1.29 is 28.8 Å². The zero-order valence-electron chi connectivity index (χ0n) is 24.6. The maximum absolute atomic E-state index is 12.8. The third-order valence-electron chi connectivity index (χ3n) is 7.80. The number of carbonyl (C=O) groups is 1. The van der Waals surface area contributed by atoms with E-state index >= 15 is 0 Å². The van der Waals surface area contributed by atoms with Crippen LogP contribution < -0.4 is 9.47 Å². The van der Waals surface area contributed by atoms with Crippen molar-refractivity contribution in [3.63, 3.8) is 0 Å². The molecule has 1 fully saturated rings. The molecule has 0 aromatic heterocycles. The van der Waals surface area contributed by atoms with Gasteiger partial charge in [0.15, 0.2) is 11.5 Å². The molecule has 0 spiro atoms. The largest absolute Gasteiger partial charge is 0.493 e. The number of aliphatic hydroxyl groups excluding tert-OH is 1. The minimum absolute atomic E-state index is 0.0290. The number of ether oxygens (including phenoxy) is 4. The van der Waals surface area contributed by atoms with E-state index in [1.165, 1.54) is 5.56 Å². The summed E-state index contributed by atoms with van der Waals surface area (Å²) in [5.74, 6) is 2.70. The van der Waals surface area contributed by atoms with E-state index in [1.54, 1.807) is 21.1 Å². The van der Waals surface area contributed by atoms with Gasteiger partial charge in [-0.2, -0.15) is 0 Å². The van der Waals surface area contributed by atoms with E-state index in [0.717, 1.165) is 37.2 Å². The van der Waals surface area contributed by atoms with E-state index in [2.05, 4.69) is 39.8 Å². The second-order valence-electron chi connectivity index (χ2n) is 11.6. The number of rotatable bonds is 15. The second kappa shape index (κ2) is 14.4. The molecule has 0 aliphatic carbocycles. The minimum atomic E-state index is -0.678. The summed E-state index contributed by atoms with van der Waals surface area (Å²) in [6.45, 7) is 15.7. The Balaban J connectivity index is 2.29. The summed E-state index contributed by atoms with van der Waals surface area (Å²) < 4.78 is 23.2. The van der Waals surface area contributed by atoms with E-state index in [4.69, 9.17) is 18.9 Å². The smallest absolute Gasteiger partial charge is 0.222 e. The first-order valence-electron chi connectivity index (χ1n) is 13.8. The number of nitrogens with zero attached hydrogens (tertiary/aromatic N) is 1. The fourth-order valence-electron chi connectivity index (χ4n) is 5.55. The van der Waals surface area contributed by atoms with Crippen LogP contribution in [0.5, 0.6) is 11.5 Å². The van der Waals surface area contributed by atoms with Gasteiger partial charge in [-0.05, 0) is 74.5 Å². The first kappa shape index (κ1) is 31.4. The molecule has 7 heteroatoms. The van der Waals surface area contributed by atoms with Crippen LogP contribution in [-0.4, -0.2) is 67.8 Å². The SMILES string of the molecule is COCCCOc1cc(C[C@@H](C[C@H]2[C@H](C[C@H](CO)C(C)C)OC(C)(C)N2C(C)=O)C(C)C)ccc1OC. The maximum Gasteiger partial charge on any atom is 0.222 e. The highest BCUT2D eigenvalue weighted by molar-refractivity contribution is 5.74. The number of benzene rings is 1. The fraction of sp³-hybridized carbons (Fsp3) is 0.767. The monoisotopic (exact) mass is 521 g/mol. The summed E-state index contributed by atoms with van der Waals surface area (Å²) in [7, 11) is 3.34. The zero-order valence-corrected chi connectivity index (χ0v) is 24.6. The third kappa shape index (κ3) is 8.59. The predicted octanol–water partition coefficient (Wildman–Crippen LogP) is 5.32. The summed E-state index contributed by atoms with van der Waals surface area (Å²) in [5.41, 5.74) is 0.504. The Labute approximate surface area is 224 Å². The number of aliphatic hydroxyl groups is 1. The molecule has 0 bridgehead atoms. The Morgan fingerprint density at radius 1 is 1.05 bits per heavy atom. The lowest BCUT2D eigenvalue weighted by Gasteiger charge is -2.35. The molecule has 4 atom stereocenters. The van der Waals surface area contributed by atoms with Crippen LogP contribution in [0.2, 0.25) is 0 Å². The molecule has 1 aromatic rings. The fourth-order valence-corrected chi connectivity index (χ4v) is 5.55. The van der Waals surface area contributed by atoms with Gasteiger partial charge >= 0.3 is 0 Å². The molecule has 1 aromatic carbocycles. The number of carbonyl (C=O) groups excluding carboxylic acids is 1. The van der Waals surface area contributed by atoms with Gasteiger partial charge in [0.05, 0.1) is 25.9 Å². The van der Waals surface area contributed by atoms with E-state index in [0.29, 0.717) is 31.0 Å². The predicted molar refractivity (Wildman–Crippen MR) is 147 cm³/mol. The first-order valence-corrected chi connectivity index (χ1v) is 13.8. The molecule has 1 aliphatic heterocycles. The van der Waals surface area contributed by atoms with E-state index in [-0.39, 0.29) is 30.6 Å². The lowest BCUT2D eigenvalue weighted by atomic mass is 9.80. The van der Waals surface area contributed by atoms with Gasteiger partial charge < -0.3 is 29.0 Å². The van der Waals surface area contributed by atoms with Crippen LogP contribution in [0.15, 0.2) is 18.2 Å². The molecule has 1 amide bonds. The summed E-state index contributed by atoms with van der Waals surface area (Å²) in [6.07, 6.45) is 3.12. The summed E-state index contributed by atoms with van der Waals surface area (Å²) >= 11 is 0. The van der Waals surface area contributed by atoms with Gasteiger partial charge in [0.2, 0.25) is 5.91 Å². The Bertz CT molecular complexity index is 839. The van der Waals surface area contributed by atoms with Crippen LogP contribution in [0.4, 0.5) is 0 Å². The summed E-state index contributed by atoms with van der Waals surface area (Å²) in [6, 6.07) is 6.11. The zero-order chi connectivity index (χ0) is 27.8. The molecule has 212 valence electrons. The van der Waals surface area contributed by atoms with Crippen molar-refractivity contribution in [1.82, 2.24) is 4.90 Å². The van der Waals surface area contributed by atoms with Crippen LogP contribution in [0.1, 0.15) is 73.3 Å². The van der Waals surface area contributed by atoms with Crippen LogP contribution in [0, 0.1) is 23.7 Å². The van der Waals surface area contributed by atoms with Gasteiger partial charge in [-0.15, -0.1) is 0 Å². The Kier molecular flexibility index (Phi) is 12.2. The van der Waals surface area contributed by atoms with Crippen molar-refractivity contribution in [1.29, 1.82) is 0 Å². The lowest BCUT2D eigenvalue weighted by Crippen LogP contribution is -2.48. The van der Waals surface area contributed by atoms with Crippen molar-refractivity contribution in [3.8, 4) is 11.5 Å². The molecule has 2 rings (SSSR count). The van der Waals surface area contributed by atoms with Crippen LogP contribution in [0.25, 0.3) is 0 Å². The van der Waals surface area contributed by atoms with Crippen molar-refractivity contribution >= 4 is 5.91 Å². The quantitative estimate of drug-likeness (QED) is 0.315. The topological polar surface area (TPSA) is 77.5 Å². The summed E-state index contributed by atoms with van der Waals surface area (Å²) in [5, 5.41) is 10.0. The molecule has 1 heterocycles. The normalized spacial score (nSPS) is 20.9. The van der Waals surface area contributed by atoms with Crippen molar-refractivity contribution in [2.45, 2.75) is 92.0 Å². The van der Waals surface area contributed by atoms with Gasteiger partial charge in [-0.3, -0.25) is 4.79 Å². The number of hydrogen-bond acceptors (Lipinski definition) is 6. The minimum Gasteiger partial charge on any atom is -0.493 e. The molecular formula is C30H51NO6. The third-order valence-corrected chi connectivity index (χ3v) is 7.80. The number of methoxy groups -OCH3 is 2. The molecule has 37 heavy (non-hydrogen) atoms. The molecule has 0 saturated carbocycles. The van der Waals surface area contributed by atoms with Gasteiger partial charge in [0.25, 0.3) is 0 Å². The van der Waals surface area contributed by atoms with E-state index < -0.39 is 5.72 Å². The number of hydrogen-bond donors (Lipinski definition) is 1. The van der Waals surface area contributed by atoms with Crippen LogP contribution in [-0.2, 0) is 20.7 Å².